The quantitative estimate of drug-likeness (QED) is 0.678. The van der Waals surface area contributed by atoms with Crippen molar-refractivity contribution < 1.29 is 4.74 Å². The molecule has 1 saturated heterocycles. The Balaban J connectivity index is 1.88. The summed E-state index contributed by atoms with van der Waals surface area (Å²) in [5, 5.41) is 0. The number of aryl methyl sites for hydroxylation is 1. The maximum atomic E-state index is 6.04. The summed E-state index contributed by atoms with van der Waals surface area (Å²) in [5.74, 6) is 1.64. The molecule has 4 nitrogen and oxygen atoms in total. The van der Waals surface area contributed by atoms with Crippen molar-refractivity contribution in [2.75, 3.05) is 26.7 Å². The second-order valence-corrected chi connectivity index (χ2v) is 5.34. The number of hydrogen-bond acceptors (Lipinski definition) is 2. The predicted molar refractivity (Wildman–Crippen MR) is 83.3 cm³/mol. The van der Waals surface area contributed by atoms with Crippen LogP contribution in [-0.4, -0.2) is 37.6 Å². The van der Waals surface area contributed by atoms with E-state index in [9.17, 15) is 0 Å². The van der Waals surface area contributed by atoms with E-state index in [1.165, 1.54) is 24.8 Å². The number of rotatable bonds is 4. The van der Waals surface area contributed by atoms with E-state index < -0.39 is 0 Å². The van der Waals surface area contributed by atoms with E-state index in [1.54, 1.807) is 7.11 Å². The van der Waals surface area contributed by atoms with E-state index in [0.29, 0.717) is 5.96 Å². The summed E-state index contributed by atoms with van der Waals surface area (Å²) in [4.78, 5) is 6.69. The third-order valence-corrected chi connectivity index (χ3v) is 3.83. The van der Waals surface area contributed by atoms with Crippen molar-refractivity contribution in [3.05, 3.63) is 29.3 Å². The minimum absolute atomic E-state index is 0.698. The molecule has 1 aromatic rings. The molecule has 110 valence electrons. The highest BCUT2D eigenvalue weighted by atomic mass is 16.5. The molecule has 0 aliphatic carbocycles. The Hall–Kier alpha value is -1.71. The van der Waals surface area contributed by atoms with Crippen molar-refractivity contribution in [3.63, 3.8) is 0 Å². The van der Waals surface area contributed by atoms with Gasteiger partial charge >= 0.3 is 0 Å². The van der Waals surface area contributed by atoms with Crippen LogP contribution in [0, 0.1) is 6.92 Å². The predicted octanol–water partition coefficient (Wildman–Crippen LogP) is 2.35. The molecule has 0 amide bonds. The number of benzene rings is 1. The summed E-state index contributed by atoms with van der Waals surface area (Å²) in [6.07, 6.45) is 4.66. The molecular formula is C16H25N3O. The molecule has 0 atom stereocenters. The number of nitrogens with two attached hydrogens (primary N) is 1. The molecule has 0 unspecified atom stereocenters. The van der Waals surface area contributed by atoms with Gasteiger partial charge in [0.1, 0.15) is 5.75 Å². The molecule has 1 fully saturated rings. The zero-order chi connectivity index (χ0) is 14.4. The summed E-state index contributed by atoms with van der Waals surface area (Å²) in [6, 6.07) is 6.30. The monoisotopic (exact) mass is 275 g/mol. The Bertz CT molecular complexity index is 465. The molecule has 0 aromatic heterocycles. The lowest BCUT2D eigenvalue weighted by molar-refractivity contribution is 0.338. The molecule has 0 radical (unpaired) electrons. The van der Waals surface area contributed by atoms with Gasteiger partial charge < -0.3 is 15.4 Å². The van der Waals surface area contributed by atoms with Gasteiger partial charge in [-0.3, -0.25) is 4.99 Å². The van der Waals surface area contributed by atoms with E-state index in [1.807, 2.05) is 0 Å². The highest BCUT2D eigenvalue weighted by Gasteiger charge is 2.11. The van der Waals surface area contributed by atoms with Crippen molar-refractivity contribution in [1.29, 1.82) is 0 Å². The van der Waals surface area contributed by atoms with E-state index >= 15 is 0 Å². The Morgan fingerprint density at radius 3 is 2.75 bits per heavy atom. The molecule has 4 heteroatoms. The first kappa shape index (κ1) is 14.7. The van der Waals surface area contributed by atoms with Crippen LogP contribution < -0.4 is 10.5 Å². The molecule has 0 bridgehead atoms. The van der Waals surface area contributed by atoms with Crippen LogP contribution in [0.5, 0.6) is 5.75 Å². The van der Waals surface area contributed by atoms with Crippen LogP contribution in [0.3, 0.4) is 0 Å². The van der Waals surface area contributed by atoms with E-state index in [2.05, 4.69) is 35.0 Å². The fourth-order valence-electron chi connectivity index (χ4n) is 2.54. The second kappa shape index (κ2) is 7.17. The Morgan fingerprint density at radius 1 is 1.30 bits per heavy atom. The summed E-state index contributed by atoms with van der Waals surface area (Å²) in [5.41, 5.74) is 8.44. The first-order valence-corrected chi connectivity index (χ1v) is 7.39. The van der Waals surface area contributed by atoms with Crippen molar-refractivity contribution in [2.45, 2.75) is 32.6 Å². The van der Waals surface area contributed by atoms with Gasteiger partial charge in [0.15, 0.2) is 5.96 Å². The van der Waals surface area contributed by atoms with Crippen molar-refractivity contribution >= 4 is 5.96 Å². The lowest BCUT2D eigenvalue weighted by atomic mass is 10.1. The largest absolute Gasteiger partial charge is 0.496 e. The molecule has 1 aliphatic heterocycles. The molecule has 20 heavy (non-hydrogen) atoms. The average molecular weight is 275 g/mol. The van der Waals surface area contributed by atoms with E-state index in [4.69, 9.17) is 10.5 Å². The lowest BCUT2D eigenvalue weighted by Gasteiger charge is -2.27. The minimum atomic E-state index is 0.698. The van der Waals surface area contributed by atoms with Gasteiger partial charge in [-0.2, -0.15) is 0 Å². The van der Waals surface area contributed by atoms with Gasteiger partial charge in [-0.25, -0.2) is 0 Å². The molecule has 0 saturated carbocycles. The number of ether oxygens (including phenoxy) is 1. The lowest BCUT2D eigenvalue weighted by Crippen LogP contribution is -2.41. The molecular weight excluding hydrogens is 250 g/mol. The Morgan fingerprint density at radius 2 is 2.05 bits per heavy atom. The number of piperidine rings is 1. The maximum Gasteiger partial charge on any atom is 0.191 e. The van der Waals surface area contributed by atoms with Gasteiger partial charge in [0.05, 0.1) is 7.11 Å². The van der Waals surface area contributed by atoms with Gasteiger partial charge in [0, 0.05) is 19.6 Å². The van der Waals surface area contributed by atoms with Gasteiger partial charge in [-0.15, -0.1) is 0 Å². The number of methoxy groups -OCH3 is 1. The molecule has 2 N–H and O–H groups in total. The number of hydrogen-bond donors (Lipinski definition) is 1. The van der Waals surface area contributed by atoms with Crippen LogP contribution in [0.1, 0.15) is 30.4 Å². The summed E-state index contributed by atoms with van der Waals surface area (Å²) >= 11 is 0. The first-order chi connectivity index (χ1) is 9.70. The van der Waals surface area contributed by atoms with Gasteiger partial charge in [0.25, 0.3) is 0 Å². The molecule has 1 aliphatic rings. The van der Waals surface area contributed by atoms with Crippen LogP contribution in [0.15, 0.2) is 23.2 Å². The topological polar surface area (TPSA) is 50.9 Å². The van der Waals surface area contributed by atoms with Crippen LogP contribution in [0.25, 0.3) is 0 Å². The smallest absolute Gasteiger partial charge is 0.191 e. The van der Waals surface area contributed by atoms with Crippen molar-refractivity contribution in [1.82, 2.24) is 4.90 Å². The third-order valence-electron chi connectivity index (χ3n) is 3.83. The number of guanidine groups is 1. The summed E-state index contributed by atoms with van der Waals surface area (Å²) in [6.45, 7) is 4.88. The van der Waals surface area contributed by atoms with Crippen LogP contribution >= 0.6 is 0 Å². The van der Waals surface area contributed by atoms with E-state index in [0.717, 1.165) is 37.4 Å². The fraction of sp³-hybridized carbons (Fsp3) is 0.562. The van der Waals surface area contributed by atoms with Gasteiger partial charge in [-0.05, 0) is 49.8 Å². The normalized spacial score (nSPS) is 16.3. The number of aliphatic imine (C=N–C) groups is 1. The molecule has 1 heterocycles. The van der Waals surface area contributed by atoms with Crippen molar-refractivity contribution in [3.8, 4) is 5.75 Å². The minimum Gasteiger partial charge on any atom is -0.496 e. The third kappa shape index (κ3) is 3.89. The van der Waals surface area contributed by atoms with E-state index in [-0.39, 0.29) is 0 Å². The van der Waals surface area contributed by atoms with Crippen molar-refractivity contribution in [2.24, 2.45) is 10.7 Å². The molecule has 0 spiro atoms. The zero-order valence-corrected chi connectivity index (χ0v) is 12.6. The SMILES string of the molecule is COc1cc(CCN=C(N)N2CCCCC2)ccc1C. The molecule has 2 rings (SSSR count). The Kier molecular flexibility index (Phi) is 5.27. The van der Waals surface area contributed by atoms with Crippen LogP contribution in [0.2, 0.25) is 0 Å². The highest BCUT2D eigenvalue weighted by Crippen LogP contribution is 2.19. The molecule has 1 aromatic carbocycles. The standard InChI is InChI=1S/C16H25N3O/c1-13-6-7-14(12-15(13)20-2)8-9-18-16(17)19-10-4-3-5-11-19/h6-7,12H,3-5,8-11H2,1-2H3,(H2,17,18). The Labute approximate surface area is 121 Å². The van der Waals surface area contributed by atoms with Crippen LogP contribution in [-0.2, 0) is 6.42 Å². The maximum absolute atomic E-state index is 6.04. The van der Waals surface area contributed by atoms with Crippen LogP contribution in [0.4, 0.5) is 0 Å². The number of likely N-dealkylation sites (tertiary alicyclic amines) is 1. The first-order valence-electron chi connectivity index (χ1n) is 7.39. The van der Waals surface area contributed by atoms with Gasteiger partial charge in [0.2, 0.25) is 0 Å². The van der Waals surface area contributed by atoms with Gasteiger partial charge in [-0.1, -0.05) is 12.1 Å². The fourth-order valence-corrected chi connectivity index (χ4v) is 2.54. The highest BCUT2D eigenvalue weighted by molar-refractivity contribution is 5.78. The number of nitrogens with zero attached hydrogens (tertiary/aromatic N) is 2. The zero-order valence-electron chi connectivity index (χ0n) is 12.6. The summed E-state index contributed by atoms with van der Waals surface area (Å²) in [7, 11) is 1.71. The average Bonchev–Trinajstić information content (AvgIpc) is 2.49. The summed E-state index contributed by atoms with van der Waals surface area (Å²) < 4.78 is 5.34. The second-order valence-electron chi connectivity index (χ2n) is 5.34.